The molecule has 0 unspecified atom stereocenters. The molecule has 2 N–H and O–H groups in total. The summed E-state index contributed by atoms with van der Waals surface area (Å²) in [6.07, 6.45) is 3.12. The average Bonchev–Trinajstić information content (AvgIpc) is 2.78. The second-order valence-electron chi connectivity index (χ2n) is 8.73. The van der Waals surface area contributed by atoms with Crippen LogP contribution in [0.2, 0.25) is 0 Å². The molecule has 1 heterocycles. The van der Waals surface area contributed by atoms with Gasteiger partial charge in [0, 0.05) is 30.9 Å². The summed E-state index contributed by atoms with van der Waals surface area (Å²) in [6.45, 7) is 0.374. The smallest absolute Gasteiger partial charge is 0.258 e. The van der Waals surface area contributed by atoms with Gasteiger partial charge in [0.2, 0.25) is 5.91 Å². The quantitative estimate of drug-likeness (QED) is 0.789. The van der Waals surface area contributed by atoms with Crippen molar-refractivity contribution in [2.24, 2.45) is 17.8 Å². The van der Waals surface area contributed by atoms with E-state index in [0.29, 0.717) is 36.4 Å². The summed E-state index contributed by atoms with van der Waals surface area (Å²) in [7, 11) is 1.58. The summed E-state index contributed by atoms with van der Waals surface area (Å²) in [4.78, 5) is 25.7. The third-order valence-corrected chi connectivity index (χ3v) is 6.99. The number of amides is 2. The molecule has 0 aromatic heterocycles. The number of nitrogens with one attached hydrogen (secondary N) is 2. The summed E-state index contributed by atoms with van der Waals surface area (Å²) in [6, 6.07) is 11.3. The van der Waals surface area contributed by atoms with E-state index < -0.39 is 5.72 Å². The molecule has 162 valence electrons. The van der Waals surface area contributed by atoms with Crippen molar-refractivity contribution in [1.82, 2.24) is 10.6 Å². The summed E-state index contributed by atoms with van der Waals surface area (Å²) in [5.74, 6) is 0.825. The largest absolute Gasteiger partial charge is 0.497 e. The van der Waals surface area contributed by atoms with Crippen LogP contribution >= 0.6 is 0 Å². The third kappa shape index (κ3) is 3.52. The number of ether oxygens (including phenoxy) is 2. The van der Waals surface area contributed by atoms with Crippen LogP contribution in [-0.2, 0) is 11.3 Å². The van der Waals surface area contributed by atoms with E-state index >= 15 is 0 Å². The van der Waals surface area contributed by atoms with Gasteiger partial charge in [-0.25, -0.2) is 4.39 Å². The SMILES string of the molecule is COc1ccc2c(c1)O[C@]1(C[C@@H]3CC[C@@H]1C[C@@H]3C(=O)NCc1ccc(F)cc1)NC2=O. The third-order valence-electron chi connectivity index (χ3n) is 6.99. The number of rotatable bonds is 4. The lowest BCUT2D eigenvalue weighted by atomic mass is 9.60. The number of hydrogen-bond donors (Lipinski definition) is 2. The second-order valence-corrected chi connectivity index (χ2v) is 8.73. The van der Waals surface area contributed by atoms with Crippen LogP contribution in [0.1, 0.15) is 41.6 Å². The first kappa shape index (κ1) is 19.8. The van der Waals surface area contributed by atoms with Crippen molar-refractivity contribution in [1.29, 1.82) is 0 Å². The Morgan fingerprint density at radius 2 is 2.06 bits per heavy atom. The standard InChI is InChI=1S/C24H25FN2O4/c1-30-18-8-9-19-21(11-18)31-24(27-23(19)29)12-15-4-5-16(24)10-20(15)22(28)26-13-14-2-6-17(25)7-3-14/h2-3,6-9,11,15-16,20H,4-5,10,12-13H2,1H3,(H,26,28)(H,27,29)/t15-,16+,20-,24-/m0/s1. The van der Waals surface area contributed by atoms with E-state index in [2.05, 4.69) is 10.6 Å². The van der Waals surface area contributed by atoms with Crippen molar-refractivity contribution in [2.75, 3.05) is 7.11 Å². The fourth-order valence-electron chi connectivity index (χ4n) is 5.36. The van der Waals surface area contributed by atoms with E-state index in [1.54, 1.807) is 37.4 Å². The van der Waals surface area contributed by atoms with Crippen LogP contribution in [0.3, 0.4) is 0 Å². The molecular weight excluding hydrogens is 399 g/mol. The number of carbonyl (C=O) groups is 2. The van der Waals surface area contributed by atoms with Gasteiger partial charge in [-0.15, -0.1) is 0 Å². The van der Waals surface area contributed by atoms with Gasteiger partial charge < -0.3 is 20.1 Å². The van der Waals surface area contributed by atoms with Crippen molar-refractivity contribution in [3.05, 3.63) is 59.4 Å². The van der Waals surface area contributed by atoms with E-state index in [0.717, 1.165) is 18.4 Å². The molecule has 6 nitrogen and oxygen atoms in total. The predicted molar refractivity (Wildman–Crippen MR) is 111 cm³/mol. The Labute approximate surface area is 180 Å². The Balaban J connectivity index is 1.30. The number of methoxy groups -OCH3 is 1. The average molecular weight is 424 g/mol. The molecule has 31 heavy (non-hydrogen) atoms. The van der Waals surface area contributed by atoms with Crippen molar-refractivity contribution in [2.45, 2.75) is 38.0 Å². The first-order valence-electron chi connectivity index (χ1n) is 10.7. The maximum atomic E-state index is 13.1. The molecule has 4 atom stereocenters. The fourth-order valence-corrected chi connectivity index (χ4v) is 5.36. The highest BCUT2D eigenvalue weighted by molar-refractivity contribution is 5.98. The van der Waals surface area contributed by atoms with Crippen LogP contribution in [0.25, 0.3) is 0 Å². The van der Waals surface area contributed by atoms with Gasteiger partial charge >= 0.3 is 0 Å². The molecule has 2 bridgehead atoms. The number of carbonyl (C=O) groups excluding carboxylic acids is 2. The van der Waals surface area contributed by atoms with Gasteiger partial charge in [-0.05, 0) is 55.0 Å². The summed E-state index contributed by atoms with van der Waals surface area (Å²) >= 11 is 0. The minimum atomic E-state index is -0.771. The maximum Gasteiger partial charge on any atom is 0.258 e. The molecule has 2 aromatic carbocycles. The summed E-state index contributed by atoms with van der Waals surface area (Å²) in [5.41, 5.74) is 0.592. The van der Waals surface area contributed by atoms with Gasteiger partial charge in [-0.1, -0.05) is 12.1 Å². The molecule has 7 heteroatoms. The zero-order valence-corrected chi connectivity index (χ0v) is 17.3. The molecule has 2 aromatic rings. The Morgan fingerprint density at radius 3 is 2.77 bits per heavy atom. The van der Waals surface area contributed by atoms with Crippen LogP contribution in [-0.4, -0.2) is 24.6 Å². The summed E-state index contributed by atoms with van der Waals surface area (Å²) < 4.78 is 24.8. The first-order chi connectivity index (χ1) is 15.0. The highest BCUT2D eigenvalue weighted by Gasteiger charge is 2.57. The van der Waals surface area contributed by atoms with E-state index in [-0.39, 0.29) is 35.4 Å². The van der Waals surface area contributed by atoms with Gasteiger partial charge in [0.1, 0.15) is 17.3 Å². The van der Waals surface area contributed by atoms with Crippen LogP contribution in [0.15, 0.2) is 42.5 Å². The molecule has 6 rings (SSSR count). The van der Waals surface area contributed by atoms with Gasteiger partial charge in [0.25, 0.3) is 5.91 Å². The molecular formula is C24H25FN2O4. The molecule has 3 fully saturated rings. The minimum absolute atomic E-state index is 0.0121. The normalized spacial score (nSPS) is 28.5. The van der Waals surface area contributed by atoms with E-state index in [1.807, 2.05) is 0 Å². The lowest BCUT2D eigenvalue weighted by Gasteiger charge is -2.55. The zero-order valence-electron chi connectivity index (χ0n) is 17.3. The molecule has 3 saturated carbocycles. The van der Waals surface area contributed by atoms with E-state index in [9.17, 15) is 14.0 Å². The molecule has 3 aliphatic carbocycles. The lowest BCUT2D eigenvalue weighted by Crippen LogP contribution is -2.66. The Kier molecular flexibility index (Phi) is 4.84. The molecule has 2 amide bonds. The molecule has 0 saturated heterocycles. The van der Waals surface area contributed by atoms with Crippen molar-refractivity contribution >= 4 is 11.8 Å². The lowest BCUT2D eigenvalue weighted by molar-refractivity contribution is -0.146. The van der Waals surface area contributed by atoms with Crippen LogP contribution in [0, 0.1) is 23.6 Å². The number of fused-ring (bicyclic) bond motifs is 3. The molecule has 1 aliphatic heterocycles. The number of halogens is 1. The topological polar surface area (TPSA) is 76.7 Å². The number of hydrogen-bond acceptors (Lipinski definition) is 4. The van der Waals surface area contributed by atoms with Crippen molar-refractivity contribution in [3.63, 3.8) is 0 Å². The monoisotopic (exact) mass is 424 g/mol. The van der Waals surface area contributed by atoms with Crippen molar-refractivity contribution < 1.29 is 23.5 Å². The van der Waals surface area contributed by atoms with Gasteiger partial charge in [0.15, 0.2) is 5.72 Å². The fraction of sp³-hybridized carbons (Fsp3) is 0.417. The molecule has 1 spiro atoms. The first-order valence-corrected chi connectivity index (χ1v) is 10.7. The van der Waals surface area contributed by atoms with Gasteiger partial charge in [0.05, 0.1) is 12.7 Å². The van der Waals surface area contributed by atoms with E-state index in [1.165, 1.54) is 12.1 Å². The van der Waals surface area contributed by atoms with Crippen molar-refractivity contribution in [3.8, 4) is 11.5 Å². The molecule has 4 aliphatic rings. The highest BCUT2D eigenvalue weighted by atomic mass is 19.1. The minimum Gasteiger partial charge on any atom is -0.497 e. The van der Waals surface area contributed by atoms with Gasteiger partial charge in [-0.2, -0.15) is 0 Å². The Morgan fingerprint density at radius 1 is 1.26 bits per heavy atom. The highest BCUT2D eigenvalue weighted by Crippen LogP contribution is 2.52. The van der Waals surface area contributed by atoms with E-state index in [4.69, 9.17) is 9.47 Å². The second kappa shape index (κ2) is 7.55. The molecule has 0 radical (unpaired) electrons. The Bertz CT molecular complexity index is 1020. The van der Waals surface area contributed by atoms with Gasteiger partial charge in [-0.3, -0.25) is 9.59 Å². The Hall–Kier alpha value is -3.09. The van der Waals surface area contributed by atoms with Crippen LogP contribution < -0.4 is 20.1 Å². The maximum absolute atomic E-state index is 13.1. The number of benzene rings is 2. The van der Waals surface area contributed by atoms with Crippen LogP contribution in [0.5, 0.6) is 11.5 Å². The summed E-state index contributed by atoms with van der Waals surface area (Å²) in [5, 5.41) is 6.11. The zero-order chi connectivity index (χ0) is 21.6. The van der Waals surface area contributed by atoms with Crippen LogP contribution in [0.4, 0.5) is 4.39 Å². The predicted octanol–water partition coefficient (Wildman–Crippen LogP) is 3.41.